The van der Waals surface area contributed by atoms with Crippen molar-refractivity contribution in [3.63, 3.8) is 0 Å². The number of nitrogens with two attached hydrogens (primary N) is 1. The molecule has 0 radical (unpaired) electrons. The molecule has 0 aromatic heterocycles. The topological polar surface area (TPSA) is 58.4 Å². The number of nitrogens with zero attached hydrogens (tertiary/aromatic N) is 1. The molecule has 1 fully saturated rings. The molecular weight excluding hydrogens is 262 g/mol. The van der Waals surface area contributed by atoms with Gasteiger partial charge in [-0.05, 0) is 44.2 Å². The SMILES string of the molecule is CC(C)N(C)C(=O)C(N)Cc1ccc(CNC2CC2)cc1. The Kier molecular flexibility index (Phi) is 5.37. The molecule has 1 aromatic rings. The predicted octanol–water partition coefficient (Wildman–Crippen LogP) is 1.68. The summed E-state index contributed by atoms with van der Waals surface area (Å²) >= 11 is 0. The molecule has 1 saturated carbocycles. The molecule has 1 aromatic carbocycles. The first-order chi connectivity index (χ1) is 9.97. The van der Waals surface area contributed by atoms with Crippen LogP contribution >= 0.6 is 0 Å². The maximum Gasteiger partial charge on any atom is 0.239 e. The van der Waals surface area contributed by atoms with Crippen LogP contribution in [0.25, 0.3) is 0 Å². The van der Waals surface area contributed by atoms with Crippen LogP contribution < -0.4 is 11.1 Å². The van der Waals surface area contributed by atoms with Gasteiger partial charge in [-0.1, -0.05) is 24.3 Å². The van der Waals surface area contributed by atoms with Crippen LogP contribution in [-0.2, 0) is 17.8 Å². The molecule has 1 aliphatic rings. The summed E-state index contributed by atoms with van der Waals surface area (Å²) in [6.45, 7) is 4.91. The number of hydrogen-bond acceptors (Lipinski definition) is 3. The van der Waals surface area contributed by atoms with Gasteiger partial charge < -0.3 is 16.0 Å². The van der Waals surface area contributed by atoms with Gasteiger partial charge in [0.1, 0.15) is 0 Å². The predicted molar refractivity (Wildman–Crippen MR) is 85.9 cm³/mol. The average Bonchev–Trinajstić information content (AvgIpc) is 3.29. The second-order valence-electron chi connectivity index (χ2n) is 6.33. The number of amides is 1. The van der Waals surface area contributed by atoms with E-state index in [1.165, 1.54) is 18.4 Å². The molecule has 0 aliphatic heterocycles. The Labute approximate surface area is 127 Å². The molecule has 1 amide bonds. The van der Waals surface area contributed by atoms with E-state index >= 15 is 0 Å². The molecule has 1 unspecified atom stereocenters. The smallest absolute Gasteiger partial charge is 0.239 e. The van der Waals surface area contributed by atoms with Crippen molar-refractivity contribution >= 4 is 5.91 Å². The number of rotatable bonds is 7. The van der Waals surface area contributed by atoms with E-state index in [0.29, 0.717) is 6.42 Å². The fourth-order valence-electron chi connectivity index (χ4n) is 2.20. The van der Waals surface area contributed by atoms with Crippen molar-refractivity contribution in [2.75, 3.05) is 7.05 Å². The summed E-state index contributed by atoms with van der Waals surface area (Å²) in [6.07, 6.45) is 3.20. The Hall–Kier alpha value is -1.39. The molecule has 0 heterocycles. The standard InChI is InChI=1S/C17H27N3O/c1-12(2)20(3)17(21)16(18)10-13-4-6-14(7-5-13)11-19-15-8-9-15/h4-7,12,15-16,19H,8-11,18H2,1-3H3. The van der Waals surface area contributed by atoms with Crippen LogP contribution in [0.2, 0.25) is 0 Å². The summed E-state index contributed by atoms with van der Waals surface area (Å²) in [4.78, 5) is 13.8. The van der Waals surface area contributed by atoms with Crippen LogP contribution in [0.4, 0.5) is 0 Å². The fourth-order valence-corrected chi connectivity index (χ4v) is 2.20. The second-order valence-corrected chi connectivity index (χ2v) is 6.33. The zero-order valence-corrected chi connectivity index (χ0v) is 13.3. The molecule has 2 rings (SSSR count). The van der Waals surface area contributed by atoms with Crippen molar-refractivity contribution in [3.05, 3.63) is 35.4 Å². The lowest BCUT2D eigenvalue weighted by molar-refractivity contribution is -0.132. The van der Waals surface area contributed by atoms with E-state index in [2.05, 4.69) is 29.6 Å². The third kappa shape index (κ3) is 4.83. The van der Waals surface area contributed by atoms with E-state index in [0.717, 1.165) is 18.2 Å². The second kappa shape index (κ2) is 7.05. The highest BCUT2D eigenvalue weighted by Crippen LogP contribution is 2.19. The minimum atomic E-state index is -0.465. The lowest BCUT2D eigenvalue weighted by atomic mass is 10.0. The number of carbonyl (C=O) groups excluding carboxylic acids is 1. The van der Waals surface area contributed by atoms with E-state index in [-0.39, 0.29) is 11.9 Å². The van der Waals surface area contributed by atoms with Crippen molar-refractivity contribution in [1.29, 1.82) is 0 Å². The molecule has 0 saturated heterocycles. The van der Waals surface area contributed by atoms with E-state index in [1.807, 2.05) is 13.8 Å². The van der Waals surface area contributed by atoms with E-state index < -0.39 is 6.04 Å². The van der Waals surface area contributed by atoms with Crippen molar-refractivity contribution < 1.29 is 4.79 Å². The third-order valence-electron chi connectivity index (χ3n) is 4.09. The Balaban J connectivity index is 1.85. The quantitative estimate of drug-likeness (QED) is 0.803. The summed E-state index contributed by atoms with van der Waals surface area (Å²) in [5.41, 5.74) is 8.43. The van der Waals surface area contributed by atoms with Gasteiger partial charge in [-0.2, -0.15) is 0 Å². The highest BCUT2D eigenvalue weighted by atomic mass is 16.2. The highest BCUT2D eigenvalue weighted by molar-refractivity contribution is 5.82. The molecule has 4 heteroatoms. The van der Waals surface area contributed by atoms with Gasteiger partial charge >= 0.3 is 0 Å². The summed E-state index contributed by atoms with van der Waals surface area (Å²) in [7, 11) is 1.81. The van der Waals surface area contributed by atoms with Crippen LogP contribution in [0.3, 0.4) is 0 Å². The van der Waals surface area contributed by atoms with E-state index in [1.54, 1.807) is 11.9 Å². The first-order valence-electron chi connectivity index (χ1n) is 7.81. The van der Waals surface area contributed by atoms with E-state index in [4.69, 9.17) is 5.73 Å². The average molecular weight is 289 g/mol. The zero-order valence-electron chi connectivity index (χ0n) is 13.3. The van der Waals surface area contributed by atoms with Crippen molar-refractivity contribution in [2.45, 2.75) is 57.8 Å². The Morgan fingerprint density at radius 2 is 1.86 bits per heavy atom. The first kappa shape index (κ1) is 16.0. The molecule has 21 heavy (non-hydrogen) atoms. The van der Waals surface area contributed by atoms with Gasteiger partial charge in [-0.25, -0.2) is 0 Å². The normalized spacial score (nSPS) is 16.0. The minimum Gasteiger partial charge on any atom is -0.342 e. The van der Waals surface area contributed by atoms with E-state index in [9.17, 15) is 4.79 Å². The zero-order chi connectivity index (χ0) is 15.4. The molecule has 1 aliphatic carbocycles. The lowest BCUT2D eigenvalue weighted by Gasteiger charge is -2.25. The molecule has 4 nitrogen and oxygen atoms in total. The summed E-state index contributed by atoms with van der Waals surface area (Å²) in [5.74, 6) is 0.00414. The molecule has 1 atom stereocenters. The molecule has 0 spiro atoms. The maximum atomic E-state index is 12.1. The van der Waals surface area contributed by atoms with Crippen molar-refractivity contribution in [3.8, 4) is 0 Å². The van der Waals surface area contributed by atoms with Crippen LogP contribution in [-0.4, -0.2) is 36.0 Å². The summed E-state index contributed by atoms with van der Waals surface area (Å²) < 4.78 is 0. The Morgan fingerprint density at radius 3 is 2.38 bits per heavy atom. The molecule has 3 N–H and O–H groups in total. The largest absolute Gasteiger partial charge is 0.342 e. The van der Waals surface area contributed by atoms with Gasteiger partial charge in [-0.3, -0.25) is 4.79 Å². The van der Waals surface area contributed by atoms with Crippen molar-refractivity contribution in [1.82, 2.24) is 10.2 Å². The third-order valence-corrected chi connectivity index (χ3v) is 4.09. The van der Waals surface area contributed by atoms with Gasteiger partial charge in [0.05, 0.1) is 6.04 Å². The molecule has 0 bridgehead atoms. The fraction of sp³-hybridized carbons (Fsp3) is 0.588. The monoisotopic (exact) mass is 289 g/mol. The molecular formula is C17H27N3O. The summed E-state index contributed by atoms with van der Waals surface area (Å²) in [5, 5.41) is 3.49. The Bertz CT molecular complexity index is 465. The number of nitrogens with one attached hydrogen (secondary N) is 1. The highest BCUT2D eigenvalue weighted by Gasteiger charge is 2.21. The van der Waals surface area contributed by atoms with Crippen molar-refractivity contribution in [2.24, 2.45) is 5.73 Å². The van der Waals surface area contributed by atoms with Crippen LogP contribution in [0, 0.1) is 0 Å². The number of hydrogen-bond donors (Lipinski definition) is 2. The van der Waals surface area contributed by atoms with Crippen LogP contribution in [0.5, 0.6) is 0 Å². The van der Waals surface area contributed by atoms with Crippen LogP contribution in [0.1, 0.15) is 37.8 Å². The molecule has 116 valence electrons. The first-order valence-corrected chi connectivity index (χ1v) is 7.81. The number of carbonyl (C=O) groups is 1. The van der Waals surface area contributed by atoms with Gasteiger partial charge in [0.2, 0.25) is 5.91 Å². The Morgan fingerprint density at radius 1 is 1.29 bits per heavy atom. The van der Waals surface area contributed by atoms with Gasteiger partial charge in [0, 0.05) is 25.7 Å². The number of benzene rings is 1. The maximum absolute atomic E-state index is 12.1. The van der Waals surface area contributed by atoms with Gasteiger partial charge in [0.15, 0.2) is 0 Å². The van der Waals surface area contributed by atoms with Gasteiger partial charge in [-0.15, -0.1) is 0 Å². The van der Waals surface area contributed by atoms with Gasteiger partial charge in [0.25, 0.3) is 0 Å². The van der Waals surface area contributed by atoms with Crippen LogP contribution in [0.15, 0.2) is 24.3 Å². The summed E-state index contributed by atoms with van der Waals surface area (Å²) in [6, 6.07) is 8.83. The lowest BCUT2D eigenvalue weighted by Crippen LogP contribution is -2.45. The number of likely N-dealkylation sites (N-methyl/N-ethyl adjacent to an activating group) is 1. The minimum absolute atomic E-state index is 0.00414.